The summed E-state index contributed by atoms with van der Waals surface area (Å²) in [5.41, 5.74) is 0.929. The highest BCUT2D eigenvalue weighted by Gasteiger charge is 2.15. The van der Waals surface area contributed by atoms with Gasteiger partial charge in [0.2, 0.25) is 0 Å². The summed E-state index contributed by atoms with van der Waals surface area (Å²) in [7, 11) is 0. The molecule has 17 heavy (non-hydrogen) atoms. The standard InChI is InChI=1S/C9H6N2O6/c12-8(13)16-6-1-4-5(11-3-10-4)2-7(6)17-9(14)15/h1-3H,(H,10,11)(H,12,13)(H,14,15). The average Bonchev–Trinajstić information content (AvgIpc) is 2.63. The summed E-state index contributed by atoms with van der Waals surface area (Å²) in [6.45, 7) is 0. The average molecular weight is 238 g/mol. The van der Waals surface area contributed by atoms with Crippen LogP contribution in [0.2, 0.25) is 0 Å². The van der Waals surface area contributed by atoms with Crippen LogP contribution in [0, 0.1) is 0 Å². The van der Waals surface area contributed by atoms with Crippen LogP contribution in [0.4, 0.5) is 9.59 Å². The maximum Gasteiger partial charge on any atom is 0.511 e. The molecule has 1 heterocycles. The lowest BCUT2D eigenvalue weighted by molar-refractivity contribution is 0.133. The van der Waals surface area contributed by atoms with Crippen molar-refractivity contribution in [3.8, 4) is 11.5 Å². The van der Waals surface area contributed by atoms with Gasteiger partial charge >= 0.3 is 12.3 Å². The Morgan fingerprint density at radius 2 is 1.71 bits per heavy atom. The van der Waals surface area contributed by atoms with Crippen molar-refractivity contribution in [1.82, 2.24) is 9.97 Å². The number of nitrogens with zero attached hydrogens (tertiary/aromatic N) is 1. The van der Waals surface area contributed by atoms with Crippen molar-refractivity contribution in [3.05, 3.63) is 18.5 Å². The smallest absolute Gasteiger partial charge is 0.449 e. The van der Waals surface area contributed by atoms with Crippen molar-refractivity contribution < 1.29 is 29.3 Å². The molecule has 3 N–H and O–H groups in total. The molecule has 0 aliphatic carbocycles. The highest BCUT2D eigenvalue weighted by molar-refractivity contribution is 5.81. The molecule has 2 aromatic rings. The molecule has 0 saturated carbocycles. The maximum absolute atomic E-state index is 10.4. The molecular formula is C9H6N2O6. The first-order valence-corrected chi connectivity index (χ1v) is 4.35. The van der Waals surface area contributed by atoms with Crippen molar-refractivity contribution >= 4 is 23.3 Å². The van der Waals surface area contributed by atoms with Crippen LogP contribution in [0.25, 0.3) is 11.0 Å². The summed E-state index contributed by atoms with van der Waals surface area (Å²) in [4.78, 5) is 27.5. The van der Waals surface area contributed by atoms with Gasteiger partial charge in [0.25, 0.3) is 0 Å². The number of ether oxygens (including phenoxy) is 2. The zero-order valence-corrected chi connectivity index (χ0v) is 8.21. The van der Waals surface area contributed by atoms with Crippen LogP contribution >= 0.6 is 0 Å². The van der Waals surface area contributed by atoms with Crippen LogP contribution in [-0.4, -0.2) is 32.5 Å². The quantitative estimate of drug-likeness (QED) is 0.537. The Kier molecular flexibility index (Phi) is 2.53. The van der Waals surface area contributed by atoms with Crippen LogP contribution in [-0.2, 0) is 0 Å². The fourth-order valence-corrected chi connectivity index (χ4v) is 1.29. The van der Waals surface area contributed by atoms with Crippen LogP contribution < -0.4 is 9.47 Å². The Labute approximate surface area is 93.4 Å². The van der Waals surface area contributed by atoms with Gasteiger partial charge in [0, 0.05) is 12.1 Å². The number of hydrogen-bond donors (Lipinski definition) is 3. The minimum absolute atomic E-state index is 0.225. The number of aromatic amines is 1. The number of carboxylic acid groups (broad SMARTS) is 2. The molecule has 0 spiro atoms. The van der Waals surface area contributed by atoms with Crippen molar-refractivity contribution in [1.29, 1.82) is 0 Å². The number of imidazole rings is 1. The molecule has 0 bridgehead atoms. The first kappa shape index (κ1) is 10.7. The topological polar surface area (TPSA) is 122 Å². The Morgan fingerprint density at radius 3 is 2.29 bits per heavy atom. The molecule has 2 rings (SSSR count). The minimum atomic E-state index is -1.57. The monoisotopic (exact) mass is 238 g/mol. The molecule has 0 fully saturated rings. The lowest BCUT2D eigenvalue weighted by atomic mass is 10.3. The van der Waals surface area contributed by atoms with Gasteiger partial charge in [-0.05, 0) is 0 Å². The molecule has 0 radical (unpaired) electrons. The second-order valence-electron chi connectivity index (χ2n) is 2.95. The van der Waals surface area contributed by atoms with E-state index in [1.54, 1.807) is 0 Å². The van der Waals surface area contributed by atoms with E-state index in [4.69, 9.17) is 10.2 Å². The summed E-state index contributed by atoms with van der Waals surface area (Å²) in [5.74, 6) is -0.462. The SMILES string of the molecule is O=C(O)Oc1cc2nc[nH]c2cc1OC(=O)O. The molecule has 1 aromatic heterocycles. The number of rotatable bonds is 2. The fraction of sp³-hybridized carbons (Fsp3) is 0. The molecule has 0 atom stereocenters. The van der Waals surface area contributed by atoms with E-state index in [2.05, 4.69) is 19.4 Å². The first-order valence-electron chi connectivity index (χ1n) is 4.35. The van der Waals surface area contributed by atoms with E-state index in [0.29, 0.717) is 11.0 Å². The number of fused-ring (bicyclic) bond motifs is 1. The lowest BCUT2D eigenvalue weighted by Crippen LogP contribution is -2.08. The Morgan fingerprint density at radius 1 is 1.12 bits per heavy atom. The third-order valence-electron chi connectivity index (χ3n) is 1.88. The van der Waals surface area contributed by atoms with E-state index >= 15 is 0 Å². The largest absolute Gasteiger partial charge is 0.511 e. The lowest BCUT2D eigenvalue weighted by Gasteiger charge is -2.06. The van der Waals surface area contributed by atoms with Gasteiger partial charge in [-0.1, -0.05) is 0 Å². The van der Waals surface area contributed by atoms with Gasteiger partial charge in [0.15, 0.2) is 11.5 Å². The number of aromatic nitrogens is 2. The van der Waals surface area contributed by atoms with Gasteiger partial charge in [-0.3, -0.25) is 0 Å². The van der Waals surface area contributed by atoms with Gasteiger partial charge in [-0.15, -0.1) is 0 Å². The molecule has 8 nitrogen and oxygen atoms in total. The van der Waals surface area contributed by atoms with E-state index in [1.165, 1.54) is 18.5 Å². The molecule has 1 aromatic carbocycles. The summed E-state index contributed by atoms with van der Waals surface area (Å²) in [6.07, 6.45) is -1.77. The highest BCUT2D eigenvalue weighted by Crippen LogP contribution is 2.31. The zero-order chi connectivity index (χ0) is 12.4. The van der Waals surface area contributed by atoms with Crippen LogP contribution in [0.5, 0.6) is 11.5 Å². The van der Waals surface area contributed by atoms with Gasteiger partial charge in [0.1, 0.15) is 0 Å². The van der Waals surface area contributed by atoms with Crippen molar-refractivity contribution in [2.24, 2.45) is 0 Å². The van der Waals surface area contributed by atoms with Crippen molar-refractivity contribution in [2.75, 3.05) is 0 Å². The predicted molar refractivity (Wildman–Crippen MR) is 53.4 cm³/mol. The van der Waals surface area contributed by atoms with E-state index in [0.717, 1.165) is 0 Å². The Balaban J connectivity index is 2.50. The van der Waals surface area contributed by atoms with E-state index in [9.17, 15) is 9.59 Å². The highest BCUT2D eigenvalue weighted by atomic mass is 16.7. The third-order valence-corrected chi connectivity index (χ3v) is 1.88. The first-order chi connectivity index (χ1) is 8.06. The van der Waals surface area contributed by atoms with Gasteiger partial charge in [-0.25, -0.2) is 14.6 Å². The number of benzene rings is 1. The number of hydrogen-bond acceptors (Lipinski definition) is 5. The molecule has 0 aliphatic heterocycles. The summed E-state index contributed by atoms with van der Waals surface area (Å²) < 4.78 is 8.80. The molecule has 0 unspecified atom stereocenters. The summed E-state index contributed by atoms with van der Waals surface area (Å²) in [6, 6.07) is 2.55. The van der Waals surface area contributed by atoms with Crippen LogP contribution in [0.3, 0.4) is 0 Å². The van der Waals surface area contributed by atoms with Gasteiger partial charge in [0.05, 0.1) is 17.4 Å². The second-order valence-corrected chi connectivity index (χ2v) is 2.95. The van der Waals surface area contributed by atoms with Crippen molar-refractivity contribution in [2.45, 2.75) is 0 Å². The molecule has 0 saturated heterocycles. The molecule has 0 aliphatic rings. The summed E-state index contributed by atoms with van der Waals surface area (Å²) >= 11 is 0. The van der Waals surface area contributed by atoms with E-state index < -0.39 is 12.3 Å². The fourth-order valence-electron chi connectivity index (χ4n) is 1.29. The minimum Gasteiger partial charge on any atom is -0.449 e. The number of nitrogens with one attached hydrogen (secondary N) is 1. The van der Waals surface area contributed by atoms with Gasteiger partial charge < -0.3 is 24.7 Å². The molecule has 8 heteroatoms. The normalized spacial score (nSPS) is 10.1. The maximum atomic E-state index is 10.4. The van der Waals surface area contributed by atoms with E-state index in [1.807, 2.05) is 0 Å². The number of H-pyrrole nitrogens is 1. The third kappa shape index (κ3) is 2.25. The van der Waals surface area contributed by atoms with Crippen LogP contribution in [0.1, 0.15) is 0 Å². The van der Waals surface area contributed by atoms with Gasteiger partial charge in [-0.2, -0.15) is 0 Å². The Hall–Kier alpha value is -2.77. The molecular weight excluding hydrogens is 232 g/mol. The molecule has 88 valence electrons. The predicted octanol–water partition coefficient (Wildman–Crippen LogP) is 1.68. The van der Waals surface area contributed by atoms with Crippen molar-refractivity contribution in [3.63, 3.8) is 0 Å². The Bertz CT molecular complexity index is 540. The second kappa shape index (κ2) is 4.00. The summed E-state index contributed by atoms with van der Waals surface area (Å²) in [5, 5.41) is 17.0. The van der Waals surface area contributed by atoms with Crippen LogP contribution in [0.15, 0.2) is 18.5 Å². The number of carbonyl (C=O) groups is 2. The molecule has 0 amide bonds. The van der Waals surface area contributed by atoms with E-state index in [-0.39, 0.29) is 11.5 Å². The zero-order valence-electron chi connectivity index (χ0n) is 8.21.